The van der Waals surface area contributed by atoms with Crippen LogP contribution in [0.2, 0.25) is 0 Å². The van der Waals surface area contributed by atoms with E-state index in [2.05, 4.69) is 6.92 Å². The molecule has 0 amide bonds. The second-order valence-electron chi connectivity index (χ2n) is 5.88. The van der Waals surface area contributed by atoms with Gasteiger partial charge in [0.1, 0.15) is 0 Å². The number of hydrogen-bond acceptors (Lipinski definition) is 5. The fourth-order valence-electron chi connectivity index (χ4n) is 2.31. The van der Waals surface area contributed by atoms with Crippen LogP contribution < -0.4 is 0 Å². The van der Waals surface area contributed by atoms with Gasteiger partial charge in [0.15, 0.2) is 0 Å². The second kappa shape index (κ2) is 17.9. The molecule has 0 spiro atoms. The van der Waals surface area contributed by atoms with Crippen molar-refractivity contribution in [3.05, 3.63) is 0 Å². The quantitative estimate of drug-likeness (QED) is 0.189. The summed E-state index contributed by atoms with van der Waals surface area (Å²) in [5, 5.41) is 0. The van der Waals surface area contributed by atoms with E-state index in [0.717, 1.165) is 51.4 Å². The molecule has 1 N–H and O–H groups in total. The normalized spacial score (nSPS) is 12.9. The van der Waals surface area contributed by atoms with Crippen molar-refractivity contribution in [3.63, 3.8) is 0 Å². The number of hydrogen-bond donors (Lipinski definition) is 1. The van der Waals surface area contributed by atoms with Gasteiger partial charge in [0, 0.05) is 0 Å². The Hall–Kier alpha value is 1.82. The first kappa shape index (κ1) is 31.5. The first-order chi connectivity index (χ1) is 10.8. The van der Waals surface area contributed by atoms with Gasteiger partial charge >= 0.3 is 59.1 Å². The average molecular weight is 421 g/mol. The summed E-state index contributed by atoms with van der Waals surface area (Å²) in [4.78, 5) is 0. The third-order valence-corrected chi connectivity index (χ3v) is 7.40. The molecule has 25 heavy (non-hydrogen) atoms. The molecule has 0 fully saturated rings. The van der Waals surface area contributed by atoms with Crippen LogP contribution in [0.15, 0.2) is 0 Å². The Bertz CT molecular complexity index is 494. The van der Waals surface area contributed by atoms with E-state index in [1.165, 1.54) is 0 Å². The SMILES string of the molecule is CCCCCCCCOS(=O)(=O)C(CCCCCC)S(=O)(=O)O.[NaH].[NaH]. The van der Waals surface area contributed by atoms with Crippen molar-refractivity contribution in [2.75, 3.05) is 6.61 Å². The van der Waals surface area contributed by atoms with E-state index < -0.39 is 24.8 Å². The van der Waals surface area contributed by atoms with Crippen molar-refractivity contribution in [1.82, 2.24) is 0 Å². The molecule has 0 heterocycles. The van der Waals surface area contributed by atoms with Crippen molar-refractivity contribution in [2.45, 2.75) is 89.1 Å². The van der Waals surface area contributed by atoms with Crippen molar-refractivity contribution >= 4 is 79.4 Å². The maximum atomic E-state index is 12.0. The zero-order chi connectivity index (χ0) is 17.8. The van der Waals surface area contributed by atoms with Crippen LogP contribution in [0.5, 0.6) is 0 Å². The average Bonchev–Trinajstić information content (AvgIpc) is 2.44. The monoisotopic (exact) mass is 420 g/mol. The van der Waals surface area contributed by atoms with Crippen LogP contribution >= 0.6 is 0 Å². The molecule has 0 aromatic carbocycles. The van der Waals surface area contributed by atoms with Crippen LogP contribution in [-0.4, -0.2) is 91.7 Å². The third kappa shape index (κ3) is 16.5. The molecule has 0 aromatic rings. The topological polar surface area (TPSA) is 97.7 Å². The number of rotatable bonds is 15. The van der Waals surface area contributed by atoms with Gasteiger partial charge in [-0.1, -0.05) is 71.6 Å². The van der Waals surface area contributed by atoms with E-state index in [4.69, 9.17) is 4.18 Å². The van der Waals surface area contributed by atoms with E-state index in [1.54, 1.807) is 0 Å². The Balaban J connectivity index is -0.00000242. The summed E-state index contributed by atoms with van der Waals surface area (Å²) < 4.78 is 58.8. The fourth-order valence-corrected chi connectivity index (χ4v) is 5.09. The molecule has 0 bridgehead atoms. The summed E-state index contributed by atoms with van der Waals surface area (Å²) in [6.07, 6.45) is 8.71. The minimum absolute atomic E-state index is 0. The molecule has 1 atom stereocenters. The summed E-state index contributed by atoms with van der Waals surface area (Å²) in [5.74, 6) is 0. The van der Waals surface area contributed by atoms with Crippen LogP contribution in [-0.2, 0) is 24.4 Å². The van der Waals surface area contributed by atoms with Gasteiger partial charge in [-0.3, -0.25) is 8.74 Å². The minimum atomic E-state index is -4.68. The molecule has 0 radical (unpaired) electrons. The summed E-state index contributed by atoms with van der Waals surface area (Å²) in [7, 11) is -8.98. The Morgan fingerprint density at radius 1 is 0.760 bits per heavy atom. The van der Waals surface area contributed by atoms with Crippen molar-refractivity contribution in [2.24, 2.45) is 0 Å². The Morgan fingerprint density at radius 2 is 1.20 bits per heavy atom. The van der Waals surface area contributed by atoms with Gasteiger partial charge in [0.2, 0.25) is 4.58 Å². The van der Waals surface area contributed by atoms with Crippen LogP contribution in [0.3, 0.4) is 0 Å². The zero-order valence-electron chi connectivity index (χ0n) is 14.4. The molecule has 10 heteroatoms. The second-order valence-corrected chi connectivity index (χ2v) is 9.56. The molecule has 0 saturated heterocycles. The van der Waals surface area contributed by atoms with E-state index in [0.29, 0.717) is 12.8 Å². The first-order valence-electron chi connectivity index (χ1n) is 8.60. The molecule has 0 aromatic heterocycles. The van der Waals surface area contributed by atoms with E-state index >= 15 is 0 Å². The van der Waals surface area contributed by atoms with Gasteiger partial charge in [-0.05, 0) is 12.8 Å². The Labute approximate surface area is 198 Å². The molecule has 0 aliphatic heterocycles. The summed E-state index contributed by atoms with van der Waals surface area (Å²) in [5.41, 5.74) is 0. The van der Waals surface area contributed by atoms with Gasteiger partial charge in [-0.2, -0.15) is 16.8 Å². The van der Waals surface area contributed by atoms with Gasteiger partial charge < -0.3 is 0 Å². The molecular formula is C15H34Na2O6S2. The standard InChI is InChI=1S/C15H32O6S2.2Na.2H/c1-3-5-7-9-10-12-14-21-23(19,20)15(22(16,17)18)13-11-8-6-4-2;;;;/h15H,3-14H2,1-2H3,(H,16,17,18);;;;. The molecule has 0 aliphatic carbocycles. The van der Waals surface area contributed by atoms with Crippen LogP contribution in [0.25, 0.3) is 0 Å². The fraction of sp³-hybridized carbons (Fsp3) is 1.00. The predicted octanol–water partition coefficient (Wildman–Crippen LogP) is 2.58. The molecule has 1 unspecified atom stereocenters. The van der Waals surface area contributed by atoms with E-state index in [-0.39, 0.29) is 72.1 Å². The van der Waals surface area contributed by atoms with E-state index in [1.807, 2.05) is 6.92 Å². The number of unbranched alkanes of at least 4 members (excludes halogenated alkanes) is 8. The third-order valence-electron chi connectivity index (χ3n) is 3.69. The molecule has 144 valence electrons. The van der Waals surface area contributed by atoms with Gasteiger partial charge in [0.25, 0.3) is 20.2 Å². The summed E-state index contributed by atoms with van der Waals surface area (Å²) in [6.45, 7) is 4.09. The Morgan fingerprint density at radius 3 is 1.68 bits per heavy atom. The van der Waals surface area contributed by atoms with Gasteiger partial charge in [0.05, 0.1) is 6.61 Å². The Kier molecular flexibility index (Phi) is 22.5. The molecule has 6 nitrogen and oxygen atoms in total. The predicted molar refractivity (Wildman–Crippen MR) is 107 cm³/mol. The van der Waals surface area contributed by atoms with Crippen molar-refractivity contribution in [1.29, 1.82) is 0 Å². The first-order valence-corrected chi connectivity index (χ1v) is 11.6. The molecular weight excluding hydrogens is 386 g/mol. The van der Waals surface area contributed by atoms with Crippen LogP contribution in [0, 0.1) is 0 Å². The molecule has 0 saturated carbocycles. The van der Waals surface area contributed by atoms with Crippen LogP contribution in [0.1, 0.15) is 84.5 Å². The summed E-state index contributed by atoms with van der Waals surface area (Å²) >= 11 is 0. The molecule has 0 rings (SSSR count). The van der Waals surface area contributed by atoms with Gasteiger partial charge in [-0.15, -0.1) is 0 Å². The van der Waals surface area contributed by atoms with Gasteiger partial charge in [-0.25, -0.2) is 0 Å². The van der Waals surface area contributed by atoms with Crippen molar-refractivity contribution in [3.8, 4) is 0 Å². The van der Waals surface area contributed by atoms with E-state index in [9.17, 15) is 21.4 Å². The zero-order valence-corrected chi connectivity index (χ0v) is 16.0. The van der Waals surface area contributed by atoms with Crippen LogP contribution in [0.4, 0.5) is 0 Å². The molecule has 0 aliphatic rings. The maximum absolute atomic E-state index is 12.0. The van der Waals surface area contributed by atoms with Crippen molar-refractivity contribution < 1.29 is 25.6 Å². The summed E-state index contributed by atoms with van der Waals surface area (Å²) in [6, 6.07) is 0.